The summed E-state index contributed by atoms with van der Waals surface area (Å²) < 4.78 is 68.5. The zero-order valence-electron chi connectivity index (χ0n) is 16.8. The first-order valence-electron chi connectivity index (χ1n) is 9.80. The summed E-state index contributed by atoms with van der Waals surface area (Å²) in [4.78, 5) is 18.7. The maximum Gasteiger partial charge on any atom is 0.417 e. The van der Waals surface area contributed by atoms with Crippen molar-refractivity contribution < 1.29 is 31.1 Å². The summed E-state index contributed by atoms with van der Waals surface area (Å²) in [5, 5.41) is 0. The number of alkyl halides is 3. The summed E-state index contributed by atoms with van der Waals surface area (Å²) >= 11 is 0. The number of hydrogen-bond donors (Lipinski definition) is 0. The molecule has 2 aliphatic heterocycles. The summed E-state index contributed by atoms with van der Waals surface area (Å²) in [6.45, 7) is 1.15. The van der Waals surface area contributed by atoms with Gasteiger partial charge in [-0.15, -0.1) is 0 Å². The van der Waals surface area contributed by atoms with E-state index in [1.54, 1.807) is 6.07 Å². The van der Waals surface area contributed by atoms with Gasteiger partial charge in [0.2, 0.25) is 0 Å². The molecule has 0 spiro atoms. The van der Waals surface area contributed by atoms with Crippen LogP contribution in [-0.2, 0) is 33.8 Å². The van der Waals surface area contributed by atoms with Crippen molar-refractivity contribution in [1.29, 1.82) is 0 Å². The summed E-state index contributed by atoms with van der Waals surface area (Å²) in [6.07, 6.45) is -1.27. The van der Waals surface area contributed by atoms with Crippen LogP contribution in [-0.4, -0.2) is 43.7 Å². The third-order valence-corrected chi connectivity index (χ3v) is 6.83. The van der Waals surface area contributed by atoms with E-state index in [1.807, 2.05) is 0 Å². The Hall–Kier alpha value is -2.46. The summed E-state index contributed by atoms with van der Waals surface area (Å²) in [6, 6.07) is 5.55. The van der Waals surface area contributed by atoms with E-state index in [4.69, 9.17) is 4.74 Å². The molecule has 0 radical (unpaired) electrons. The zero-order chi connectivity index (χ0) is 22.4. The molecular formula is C21H21F3N2O4S. The minimum Gasteiger partial charge on any atom is -0.381 e. The first kappa shape index (κ1) is 21.8. The Morgan fingerprint density at radius 3 is 2.52 bits per heavy atom. The van der Waals surface area contributed by atoms with Crippen molar-refractivity contribution in [3.05, 3.63) is 58.4 Å². The Morgan fingerprint density at radius 1 is 1.16 bits per heavy atom. The summed E-state index contributed by atoms with van der Waals surface area (Å²) in [7, 11) is -3.54. The topological polar surface area (TPSA) is 76.6 Å². The number of rotatable bonds is 3. The van der Waals surface area contributed by atoms with Crippen LogP contribution in [0, 0.1) is 0 Å². The van der Waals surface area contributed by atoms with Crippen LogP contribution in [0.3, 0.4) is 0 Å². The predicted molar refractivity (Wildman–Crippen MR) is 105 cm³/mol. The van der Waals surface area contributed by atoms with Crippen LogP contribution in [0.15, 0.2) is 35.4 Å². The number of amides is 1. The molecule has 1 aromatic carbocycles. The van der Waals surface area contributed by atoms with E-state index in [2.05, 4.69) is 4.98 Å². The lowest BCUT2D eigenvalue weighted by molar-refractivity contribution is -0.137. The molecule has 0 unspecified atom stereocenters. The van der Waals surface area contributed by atoms with Crippen LogP contribution in [0.4, 0.5) is 13.2 Å². The van der Waals surface area contributed by atoms with Gasteiger partial charge in [-0.1, -0.05) is 6.07 Å². The molecular weight excluding hydrogens is 433 g/mol. The Bertz CT molecular complexity index is 1130. The Labute approximate surface area is 178 Å². The number of ether oxygens (including phenoxy) is 1. The number of fused-ring (bicyclic) bond motifs is 1. The lowest BCUT2D eigenvalue weighted by Gasteiger charge is -2.26. The lowest BCUT2D eigenvalue weighted by Crippen LogP contribution is -2.28. The van der Waals surface area contributed by atoms with Crippen LogP contribution in [0.1, 0.15) is 51.5 Å². The number of sulfone groups is 1. The van der Waals surface area contributed by atoms with Crippen molar-refractivity contribution in [2.45, 2.75) is 42.9 Å². The molecule has 1 amide bonds. The largest absolute Gasteiger partial charge is 0.417 e. The fourth-order valence-corrected chi connectivity index (χ4v) is 4.69. The minimum atomic E-state index is -4.51. The van der Waals surface area contributed by atoms with Crippen LogP contribution >= 0.6 is 0 Å². The molecule has 0 saturated carbocycles. The average molecular weight is 454 g/mol. The number of carbonyl (C=O) groups is 1. The Morgan fingerprint density at radius 2 is 1.87 bits per heavy atom. The summed E-state index contributed by atoms with van der Waals surface area (Å²) in [5.74, 6) is -0.375. The third kappa shape index (κ3) is 4.45. The standard InChI is InChI=1S/C21H21F3N2O4S/c1-31(28,29)16-2-3-17(13-4-6-30-7-5-13)18(9-16)20(27)26-11-14-8-15(21(22,23)24)10-25-19(14)12-26/h2-3,8-10,13H,4-7,11-12H2,1H3. The maximum absolute atomic E-state index is 13.4. The second-order valence-electron chi connectivity index (χ2n) is 7.90. The van der Waals surface area contributed by atoms with E-state index < -0.39 is 27.5 Å². The fourth-order valence-electron chi connectivity index (χ4n) is 4.05. The van der Waals surface area contributed by atoms with E-state index in [1.165, 1.54) is 17.0 Å². The highest BCUT2D eigenvalue weighted by Crippen LogP contribution is 2.35. The predicted octanol–water partition coefficient (Wildman–Crippen LogP) is 3.55. The number of halogens is 3. The molecule has 3 heterocycles. The van der Waals surface area contributed by atoms with E-state index in [9.17, 15) is 26.4 Å². The number of pyridine rings is 1. The summed E-state index contributed by atoms with van der Waals surface area (Å²) in [5.41, 5.74) is 0.894. The highest BCUT2D eigenvalue weighted by Gasteiger charge is 2.35. The van der Waals surface area contributed by atoms with Crippen molar-refractivity contribution in [3.8, 4) is 0 Å². The maximum atomic E-state index is 13.4. The van der Waals surface area contributed by atoms with Crippen LogP contribution < -0.4 is 0 Å². The van der Waals surface area contributed by atoms with Crippen molar-refractivity contribution in [1.82, 2.24) is 9.88 Å². The molecule has 2 aromatic rings. The monoisotopic (exact) mass is 454 g/mol. The van der Waals surface area contributed by atoms with E-state index >= 15 is 0 Å². The van der Waals surface area contributed by atoms with Gasteiger partial charge in [-0.05, 0) is 48.1 Å². The lowest BCUT2D eigenvalue weighted by atomic mass is 9.88. The van der Waals surface area contributed by atoms with Crippen LogP contribution in [0.5, 0.6) is 0 Å². The van der Waals surface area contributed by atoms with Gasteiger partial charge in [0.15, 0.2) is 9.84 Å². The molecule has 4 rings (SSSR count). The van der Waals surface area contributed by atoms with Gasteiger partial charge in [-0.25, -0.2) is 8.42 Å². The second kappa shape index (κ2) is 7.90. The molecule has 31 heavy (non-hydrogen) atoms. The zero-order valence-corrected chi connectivity index (χ0v) is 17.6. The van der Waals surface area contributed by atoms with Gasteiger partial charge < -0.3 is 9.64 Å². The van der Waals surface area contributed by atoms with Crippen molar-refractivity contribution in [2.24, 2.45) is 0 Å². The fraction of sp³-hybridized carbons (Fsp3) is 0.429. The molecule has 1 saturated heterocycles. The van der Waals surface area contributed by atoms with Crippen molar-refractivity contribution in [3.63, 3.8) is 0 Å². The van der Waals surface area contributed by atoms with Crippen LogP contribution in [0.25, 0.3) is 0 Å². The van der Waals surface area contributed by atoms with Crippen molar-refractivity contribution >= 4 is 15.7 Å². The van der Waals surface area contributed by atoms with E-state index in [0.717, 1.165) is 24.1 Å². The van der Waals surface area contributed by atoms with Crippen LogP contribution in [0.2, 0.25) is 0 Å². The molecule has 0 N–H and O–H groups in total. The van der Waals surface area contributed by atoms with Gasteiger partial charge in [-0.3, -0.25) is 9.78 Å². The molecule has 2 aliphatic rings. The average Bonchev–Trinajstić information content (AvgIpc) is 3.15. The highest BCUT2D eigenvalue weighted by molar-refractivity contribution is 7.90. The molecule has 0 atom stereocenters. The molecule has 10 heteroatoms. The first-order chi connectivity index (χ1) is 14.5. The third-order valence-electron chi connectivity index (χ3n) is 5.72. The number of hydrogen-bond acceptors (Lipinski definition) is 5. The van der Waals surface area contributed by atoms with Gasteiger partial charge in [0, 0.05) is 37.8 Å². The van der Waals surface area contributed by atoms with Crippen molar-refractivity contribution in [2.75, 3.05) is 19.5 Å². The van der Waals surface area contributed by atoms with Gasteiger partial charge in [-0.2, -0.15) is 13.2 Å². The highest BCUT2D eigenvalue weighted by atomic mass is 32.2. The van der Waals surface area contributed by atoms with Gasteiger partial charge in [0.25, 0.3) is 5.91 Å². The van der Waals surface area contributed by atoms with Gasteiger partial charge in [0.1, 0.15) is 0 Å². The second-order valence-corrected chi connectivity index (χ2v) is 9.91. The SMILES string of the molecule is CS(=O)(=O)c1ccc(C2CCOCC2)c(C(=O)N2Cc3cc(C(F)(F)F)cnc3C2)c1. The number of carbonyl (C=O) groups excluding carboxylic acids is 1. The van der Waals surface area contributed by atoms with E-state index in [-0.39, 0.29) is 29.5 Å². The van der Waals surface area contributed by atoms with Gasteiger partial charge in [0.05, 0.1) is 22.7 Å². The normalized spacial score (nSPS) is 17.6. The molecule has 0 aliphatic carbocycles. The van der Waals surface area contributed by atoms with E-state index in [0.29, 0.717) is 37.3 Å². The molecule has 6 nitrogen and oxygen atoms in total. The minimum absolute atomic E-state index is 0.0125. The number of nitrogens with zero attached hydrogens (tertiary/aromatic N) is 2. The molecule has 166 valence electrons. The number of benzene rings is 1. The molecule has 0 bridgehead atoms. The number of aromatic nitrogens is 1. The Kier molecular flexibility index (Phi) is 5.55. The van der Waals surface area contributed by atoms with Gasteiger partial charge >= 0.3 is 6.18 Å². The molecule has 1 fully saturated rings. The molecule has 1 aromatic heterocycles. The first-order valence-corrected chi connectivity index (χ1v) is 11.7. The smallest absolute Gasteiger partial charge is 0.381 e. The Balaban J connectivity index is 1.68. The quantitative estimate of drug-likeness (QED) is 0.709.